The van der Waals surface area contributed by atoms with E-state index >= 15 is 0 Å². The van der Waals surface area contributed by atoms with Crippen LogP contribution >= 0.6 is 0 Å². The van der Waals surface area contributed by atoms with Gasteiger partial charge in [-0.25, -0.2) is 0 Å². The van der Waals surface area contributed by atoms with E-state index in [1.165, 1.54) is 19.3 Å². The van der Waals surface area contributed by atoms with Crippen LogP contribution in [-0.4, -0.2) is 23.8 Å². The summed E-state index contributed by atoms with van der Waals surface area (Å²) < 4.78 is 0. The Morgan fingerprint density at radius 2 is 2.27 bits per heavy atom. The largest absolute Gasteiger partial charge is 0.392 e. The summed E-state index contributed by atoms with van der Waals surface area (Å²) in [6.45, 7) is 3.25. The van der Waals surface area contributed by atoms with Crippen molar-refractivity contribution in [2.45, 2.75) is 51.2 Å². The predicted molar refractivity (Wildman–Crippen MR) is 46.6 cm³/mol. The quantitative estimate of drug-likeness (QED) is 0.603. The standard InChI is InChI=1S/C9H19NO/c1-2-3-7-10-8-5-4-6-9(8)11/h8-11H,2-7H2,1H3/t8-,9-/m0/s1. The molecule has 0 aliphatic heterocycles. The van der Waals surface area contributed by atoms with Gasteiger partial charge >= 0.3 is 0 Å². The van der Waals surface area contributed by atoms with Crippen molar-refractivity contribution in [1.29, 1.82) is 0 Å². The van der Waals surface area contributed by atoms with Crippen molar-refractivity contribution in [3.63, 3.8) is 0 Å². The van der Waals surface area contributed by atoms with Crippen LogP contribution in [-0.2, 0) is 0 Å². The van der Waals surface area contributed by atoms with Gasteiger partial charge < -0.3 is 10.4 Å². The average molecular weight is 157 g/mol. The van der Waals surface area contributed by atoms with E-state index in [1.54, 1.807) is 0 Å². The van der Waals surface area contributed by atoms with Crippen molar-refractivity contribution in [2.75, 3.05) is 6.54 Å². The molecule has 0 bridgehead atoms. The molecular formula is C9H19NO. The Labute approximate surface area is 69.0 Å². The van der Waals surface area contributed by atoms with Crippen LogP contribution in [0, 0.1) is 0 Å². The van der Waals surface area contributed by atoms with E-state index in [9.17, 15) is 5.11 Å². The van der Waals surface area contributed by atoms with Gasteiger partial charge in [0.05, 0.1) is 6.10 Å². The molecule has 0 aromatic carbocycles. The van der Waals surface area contributed by atoms with Crippen LogP contribution < -0.4 is 5.32 Å². The van der Waals surface area contributed by atoms with Crippen LogP contribution in [0.3, 0.4) is 0 Å². The highest BCUT2D eigenvalue weighted by Crippen LogP contribution is 2.18. The average Bonchev–Trinajstić information content (AvgIpc) is 2.37. The van der Waals surface area contributed by atoms with Gasteiger partial charge in [-0.05, 0) is 32.2 Å². The van der Waals surface area contributed by atoms with Crippen molar-refractivity contribution in [2.24, 2.45) is 0 Å². The third kappa shape index (κ3) is 2.80. The number of aliphatic hydroxyl groups excluding tert-OH is 1. The molecule has 2 heteroatoms. The maximum Gasteiger partial charge on any atom is 0.0693 e. The zero-order chi connectivity index (χ0) is 8.10. The number of hydrogen-bond donors (Lipinski definition) is 2. The summed E-state index contributed by atoms with van der Waals surface area (Å²) in [5, 5.41) is 12.8. The minimum atomic E-state index is -0.0770. The molecule has 2 N–H and O–H groups in total. The number of unbranched alkanes of at least 4 members (excludes halogenated alkanes) is 1. The zero-order valence-electron chi connectivity index (χ0n) is 7.34. The number of aliphatic hydroxyl groups is 1. The maximum absolute atomic E-state index is 9.43. The molecular weight excluding hydrogens is 138 g/mol. The van der Waals surface area contributed by atoms with Crippen LogP contribution in [0.25, 0.3) is 0 Å². The van der Waals surface area contributed by atoms with Gasteiger partial charge in [0.25, 0.3) is 0 Å². The lowest BCUT2D eigenvalue weighted by Crippen LogP contribution is -2.36. The van der Waals surface area contributed by atoms with Crippen molar-refractivity contribution in [3.8, 4) is 0 Å². The first-order valence-corrected chi connectivity index (χ1v) is 4.76. The van der Waals surface area contributed by atoms with E-state index in [2.05, 4.69) is 12.2 Å². The molecule has 0 heterocycles. The fourth-order valence-electron chi connectivity index (χ4n) is 1.64. The highest BCUT2D eigenvalue weighted by Gasteiger charge is 2.23. The fraction of sp³-hybridized carbons (Fsp3) is 1.00. The Kier molecular flexibility index (Phi) is 3.87. The molecule has 11 heavy (non-hydrogen) atoms. The summed E-state index contributed by atoms with van der Waals surface area (Å²) in [6, 6.07) is 0.390. The fourth-order valence-corrected chi connectivity index (χ4v) is 1.64. The smallest absolute Gasteiger partial charge is 0.0693 e. The topological polar surface area (TPSA) is 32.3 Å². The summed E-state index contributed by atoms with van der Waals surface area (Å²) in [4.78, 5) is 0. The van der Waals surface area contributed by atoms with Crippen molar-refractivity contribution in [3.05, 3.63) is 0 Å². The monoisotopic (exact) mass is 157 g/mol. The summed E-state index contributed by atoms with van der Waals surface area (Å²) in [5.41, 5.74) is 0. The van der Waals surface area contributed by atoms with Crippen molar-refractivity contribution in [1.82, 2.24) is 5.32 Å². The van der Waals surface area contributed by atoms with Crippen LogP contribution in [0.15, 0.2) is 0 Å². The van der Waals surface area contributed by atoms with Gasteiger partial charge in [0.1, 0.15) is 0 Å². The number of nitrogens with one attached hydrogen (secondary N) is 1. The molecule has 1 saturated carbocycles. The molecule has 1 aliphatic carbocycles. The molecule has 0 saturated heterocycles. The molecule has 0 aromatic heterocycles. The van der Waals surface area contributed by atoms with Gasteiger partial charge in [-0.3, -0.25) is 0 Å². The summed E-state index contributed by atoms with van der Waals surface area (Å²) in [7, 11) is 0. The van der Waals surface area contributed by atoms with Crippen LogP contribution in [0.4, 0.5) is 0 Å². The highest BCUT2D eigenvalue weighted by atomic mass is 16.3. The Morgan fingerprint density at radius 1 is 1.45 bits per heavy atom. The van der Waals surface area contributed by atoms with Gasteiger partial charge in [-0.1, -0.05) is 13.3 Å². The second-order valence-corrected chi connectivity index (χ2v) is 3.41. The molecule has 2 nitrogen and oxygen atoms in total. The Balaban J connectivity index is 2.05. The lowest BCUT2D eigenvalue weighted by atomic mass is 10.2. The van der Waals surface area contributed by atoms with E-state index in [4.69, 9.17) is 0 Å². The van der Waals surface area contributed by atoms with Crippen LogP contribution in [0.2, 0.25) is 0 Å². The van der Waals surface area contributed by atoms with E-state index < -0.39 is 0 Å². The lowest BCUT2D eigenvalue weighted by Gasteiger charge is -2.15. The molecule has 0 aromatic rings. The highest BCUT2D eigenvalue weighted by molar-refractivity contribution is 4.82. The van der Waals surface area contributed by atoms with E-state index in [0.29, 0.717) is 6.04 Å². The normalized spacial score (nSPS) is 31.1. The number of rotatable bonds is 4. The molecule has 0 spiro atoms. The summed E-state index contributed by atoms with van der Waals surface area (Å²) in [6.07, 6.45) is 5.71. The van der Waals surface area contributed by atoms with Crippen molar-refractivity contribution < 1.29 is 5.11 Å². The van der Waals surface area contributed by atoms with Crippen LogP contribution in [0.1, 0.15) is 39.0 Å². The molecule has 0 unspecified atom stereocenters. The zero-order valence-corrected chi connectivity index (χ0v) is 7.34. The predicted octanol–water partition coefficient (Wildman–Crippen LogP) is 1.29. The van der Waals surface area contributed by atoms with Gasteiger partial charge in [-0.15, -0.1) is 0 Å². The molecule has 1 rings (SSSR count). The first kappa shape index (κ1) is 9.01. The SMILES string of the molecule is CCCCN[C@H]1CCC[C@@H]1O. The second-order valence-electron chi connectivity index (χ2n) is 3.41. The van der Waals surface area contributed by atoms with Crippen molar-refractivity contribution >= 4 is 0 Å². The Hall–Kier alpha value is -0.0800. The lowest BCUT2D eigenvalue weighted by molar-refractivity contribution is 0.149. The molecule has 1 aliphatic rings. The summed E-state index contributed by atoms with van der Waals surface area (Å²) >= 11 is 0. The van der Waals surface area contributed by atoms with E-state index in [0.717, 1.165) is 19.4 Å². The first-order valence-electron chi connectivity index (χ1n) is 4.76. The van der Waals surface area contributed by atoms with Crippen LogP contribution in [0.5, 0.6) is 0 Å². The van der Waals surface area contributed by atoms with Gasteiger partial charge in [-0.2, -0.15) is 0 Å². The second kappa shape index (κ2) is 4.73. The Bertz CT molecular complexity index is 106. The molecule has 66 valence electrons. The third-order valence-electron chi connectivity index (χ3n) is 2.42. The van der Waals surface area contributed by atoms with E-state index in [-0.39, 0.29) is 6.10 Å². The van der Waals surface area contributed by atoms with E-state index in [1.807, 2.05) is 0 Å². The summed E-state index contributed by atoms with van der Waals surface area (Å²) in [5.74, 6) is 0. The molecule has 1 fully saturated rings. The van der Waals surface area contributed by atoms with Gasteiger partial charge in [0, 0.05) is 6.04 Å². The minimum absolute atomic E-state index is 0.0770. The molecule has 0 amide bonds. The third-order valence-corrected chi connectivity index (χ3v) is 2.42. The minimum Gasteiger partial charge on any atom is -0.392 e. The number of hydrogen-bond acceptors (Lipinski definition) is 2. The molecule has 2 atom stereocenters. The molecule has 0 radical (unpaired) electrons. The first-order chi connectivity index (χ1) is 5.34. The maximum atomic E-state index is 9.43. The van der Waals surface area contributed by atoms with Gasteiger partial charge in [0.15, 0.2) is 0 Å². The van der Waals surface area contributed by atoms with Gasteiger partial charge in [0.2, 0.25) is 0 Å². The Morgan fingerprint density at radius 3 is 2.82 bits per heavy atom.